The number of hydrogen-bond acceptors (Lipinski definition) is 6. The fourth-order valence-electron chi connectivity index (χ4n) is 4.73. The summed E-state index contributed by atoms with van der Waals surface area (Å²) in [6.45, 7) is 7.17. The molecular formula is C24H37NO7S. The standard InChI is InChI=1S/C24H37NO7S/c1-4-32-23(28)12-8-5-9-15-24(3)18(2)25(16-10-6-7-11-22(26)27)21-14-13-19(17-20(21)24)33(29,30)31/h13-14,17-18H,4-12,15-16H2,1-3H3,(H,26,27)(H,29,30,31). The lowest BCUT2D eigenvalue weighted by atomic mass is 9.75. The van der Waals surface area contributed by atoms with Crippen molar-refractivity contribution in [2.45, 2.75) is 94.9 Å². The first kappa shape index (κ1) is 27.1. The summed E-state index contributed by atoms with van der Waals surface area (Å²) in [6, 6.07) is 4.89. The van der Waals surface area contributed by atoms with Crippen LogP contribution in [0, 0.1) is 0 Å². The zero-order chi connectivity index (χ0) is 24.6. The summed E-state index contributed by atoms with van der Waals surface area (Å²) in [5, 5.41) is 8.83. The molecule has 0 radical (unpaired) electrons. The summed E-state index contributed by atoms with van der Waals surface area (Å²) in [5.41, 5.74) is 1.55. The molecule has 8 nitrogen and oxygen atoms in total. The Balaban J connectivity index is 2.13. The summed E-state index contributed by atoms with van der Waals surface area (Å²) in [5.74, 6) is -0.974. The highest BCUT2D eigenvalue weighted by molar-refractivity contribution is 7.85. The van der Waals surface area contributed by atoms with Gasteiger partial charge in [0.25, 0.3) is 10.1 Å². The van der Waals surface area contributed by atoms with Crippen LogP contribution in [0.15, 0.2) is 23.1 Å². The number of carboxylic acids is 1. The van der Waals surface area contributed by atoms with Gasteiger partial charge in [-0.2, -0.15) is 8.42 Å². The van der Waals surface area contributed by atoms with E-state index in [0.29, 0.717) is 19.4 Å². The van der Waals surface area contributed by atoms with Crippen LogP contribution < -0.4 is 4.90 Å². The van der Waals surface area contributed by atoms with Gasteiger partial charge in [-0.25, -0.2) is 0 Å². The Hall–Kier alpha value is -2.13. The van der Waals surface area contributed by atoms with Gasteiger partial charge >= 0.3 is 11.9 Å². The van der Waals surface area contributed by atoms with Crippen LogP contribution in [-0.4, -0.2) is 49.2 Å². The van der Waals surface area contributed by atoms with Crippen LogP contribution in [0.2, 0.25) is 0 Å². The third-order valence-electron chi connectivity index (χ3n) is 6.75. The molecule has 0 spiro atoms. The van der Waals surface area contributed by atoms with Crippen molar-refractivity contribution in [2.75, 3.05) is 18.1 Å². The number of anilines is 1. The monoisotopic (exact) mass is 483 g/mol. The molecule has 186 valence electrons. The van der Waals surface area contributed by atoms with Crippen molar-refractivity contribution in [3.8, 4) is 0 Å². The molecule has 33 heavy (non-hydrogen) atoms. The highest BCUT2D eigenvalue weighted by Gasteiger charge is 2.45. The Kier molecular flexibility index (Phi) is 9.72. The zero-order valence-electron chi connectivity index (χ0n) is 19.9. The van der Waals surface area contributed by atoms with Gasteiger partial charge in [0, 0.05) is 36.5 Å². The quantitative estimate of drug-likeness (QED) is 0.224. The van der Waals surface area contributed by atoms with Crippen molar-refractivity contribution in [3.05, 3.63) is 23.8 Å². The molecular weight excluding hydrogens is 446 g/mol. The second-order valence-corrected chi connectivity index (χ2v) is 10.4. The number of rotatable bonds is 14. The van der Waals surface area contributed by atoms with E-state index in [9.17, 15) is 22.6 Å². The summed E-state index contributed by atoms with van der Waals surface area (Å²) in [6.07, 6.45) is 6.13. The lowest BCUT2D eigenvalue weighted by Gasteiger charge is -2.35. The zero-order valence-corrected chi connectivity index (χ0v) is 20.7. The van der Waals surface area contributed by atoms with E-state index in [1.807, 2.05) is 0 Å². The predicted molar refractivity (Wildman–Crippen MR) is 126 cm³/mol. The molecule has 0 amide bonds. The number of benzene rings is 1. The normalized spacial score (nSPS) is 20.0. The number of nitrogens with zero attached hydrogens (tertiary/aromatic N) is 1. The Morgan fingerprint density at radius 2 is 1.76 bits per heavy atom. The maximum Gasteiger partial charge on any atom is 0.305 e. The number of carbonyl (C=O) groups excluding carboxylic acids is 1. The Morgan fingerprint density at radius 1 is 1.09 bits per heavy atom. The van der Waals surface area contributed by atoms with Gasteiger partial charge in [0.2, 0.25) is 0 Å². The van der Waals surface area contributed by atoms with Crippen molar-refractivity contribution >= 4 is 27.7 Å². The van der Waals surface area contributed by atoms with Gasteiger partial charge in [-0.05, 0) is 63.3 Å². The van der Waals surface area contributed by atoms with Crippen molar-refractivity contribution < 1.29 is 32.4 Å². The molecule has 0 bridgehead atoms. The maximum absolute atomic E-state index is 11.8. The van der Waals surface area contributed by atoms with Gasteiger partial charge < -0.3 is 14.7 Å². The minimum Gasteiger partial charge on any atom is -0.481 e. The van der Waals surface area contributed by atoms with E-state index in [2.05, 4.69) is 18.7 Å². The molecule has 1 aliphatic rings. The summed E-state index contributed by atoms with van der Waals surface area (Å²) < 4.78 is 38.1. The fourth-order valence-corrected chi connectivity index (χ4v) is 5.23. The Morgan fingerprint density at radius 3 is 2.39 bits per heavy atom. The number of esters is 1. The SMILES string of the molecule is CCOC(=O)CCCCCC1(C)c2cc(S(=O)(=O)O)ccc2N(CCCCCC(=O)O)C1C. The van der Waals surface area contributed by atoms with Crippen LogP contribution in [-0.2, 0) is 29.9 Å². The van der Waals surface area contributed by atoms with Gasteiger partial charge in [0.05, 0.1) is 11.5 Å². The number of ether oxygens (including phenoxy) is 1. The molecule has 1 aromatic rings. The van der Waals surface area contributed by atoms with E-state index >= 15 is 0 Å². The molecule has 9 heteroatoms. The highest BCUT2D eigenvalue weighted by atomic mass is 32.2. The molecule has 2 atom stereocenters. The van der Waals surface area contributed by atoms with Crippen molar-refractivity contribution in [3.63, 3.8) is 0 Å². The molecule has 2 unspecified atom stereocenters. The molecule has 0 aliphatic carbocycles. The van der Waals surface area contributed by atoms with Crippen LogP contribution in [0.1, 0.15) is 84.1 Å². The van der Waals surface area contributed by atoms with Gasteiger partial charge in [-0.1, -0.05) is 26.2 Å². The number of aliphatic carboxylic acids is 1. The highest BCUT2D eigenvalue weighted by Crippen LogP contribution is 2.49. The van der Waals surface area contributed by atoms with Crippen molar-refractivity contribution in [1.29, 1.82) is 0 Å². The molecule has 0 fully saturated rings. The second-order valence-electron chi connectivity index (χ2n) is 9.01. The molecule has 2 rings (SSSR count). The molecule has 2 N–H and O–H groups in total. The van der Waals surface area contributed by atoms with Gasteiger partial charge in [-0.3, -0.25) is 14.1 Å². The van der Waals surface area contributed by atoms with Crippen LogP contribution in [0.25, 0.3) is 0 Å². The van der Waals surface area contributed by atoms with Crippen LogP contribution in [0.5, 0.6) is 0 Å². The van der Waals surface area contributed by atoms with Gasteiger partial charge in [0.15, 0.2) is 0 Å². The Labute approximate surface area is 197 Å². The third-order valence-corrected chi connectivity index (χ3v) is 7.60. The van der Waals surface area contributed by atoms with E-state index < -0.39 is 16.1 Å². The first-order valence-corrected chi connectivity index (χ1v) is 13.2. The summed E-state index contributed by atoms with van der Waals surface area (Å²) in [4.78, 5) is 24.5. The van der Waals surface area contributed by atoms with Gasteiger partial charge in [0.1, 0.15) is 0 Å². The average molecular weight is 484 g/mol. The van der Waals surface area contributed by atoms with E-state index in [1.54, 1.807) is 19.1 Å². The van der Waals surface area contributed by atoms with Crippen molar-refractivity contribution in [2.24, 2.45) is 0 Å². The lowest BCUT2D eigenvalue weighted by Crippen LogP contribution is -2.41. The number of carbonyl (C=O) groups is 2. The molecule has 1 aliphatic heterocycles. The second kappa shape index (κ2) is 11.8. The van der Waals surface area contributed by atoms with E-state index in [4.69, 9.17) is 9.84 Å². The van der Waals surface area contributed by atoms with Gasteiger partial charge in [-0.15, -0.1) is 0 Å². The smallest absolute Gasteiger partial charge is 0.305 e. The minimum absolute atomic E-state index is 0.105. The summed E-state index contributed by atoms with van der Waals surface area (Å²) in [7, 11) is -4.31. The topological polar surface area (TPSA) is 121 Å². The van der Waals surface area contributed by atoms with Crippen LogP contribution >= 0.6 is 0 Å². The first-order valence-electron chi connectivity index (χ1n) is 11.8. The average Bonchev–Trinajstić information content (AvgIpc) is 2.94. The van der Waals surface area contributed by atoms with E-state index in [1.165, 1.54) is 6.07 Å². The van der Waals surface area contributed by atoms with E-state index in [0.717, 1.165) is 56.3 Å². The van der Waals surface area contributed by atoms with Crippen LogP contribution in [0.3, 0.4) is 0 Å². The predicted octanol–water partition coefficient (Wildman–Crippen LogP) is 4.56. The first-order chi connectivity index (χ1) is 15.5. The molecule has 0 aromatic heterocycles. The minimum atomic E-state index is -4.31. The fraction of sp³-hybridized carbons (Fsp3) is 0.667. The molecule has 1 heterocycles. The number of hydrogen-bond donors (Lipinski definition) is 2. The maximum atomic E-state index is 11.8. The van der Waals surface area contributed by atoms with Crippen LogP contribution in [0.4, 0.5) is 5.69 Å². The number of fused-ring (bicyclic) bond motifs is 1. The Bertz CT molecular complexity index is 931. The summed E-state index contributed by atoms with van der Waals surface area (Å²) >= 11 is 0. The molecule has 0 saturated heterocycles. The largest absolute Gasteiger partial charge is 0.481 e. The third kappa shape index (κ3) is 7.17. The number of carboxylic acid groups (broad SMARTS) is 1. The molecule has 1 aromatic carbocycles. The lowest BCUT2D eigenvalue weighted by molar-refractivity contribution is -0.143. The molecule has 0 saturated carbocycles. The van der Waals surface area contributed by atoms with Crippen molar-refractivity contribution in [1.82, 2.24) is 0 Å². The number of unbranched alkanes of at least 4 members (excludes halogenated alkanes) is 4. The van der Waals surface area contributed by atoms with E-state index in [-0.39, 0.29) is 28.7 Å².